The highest BCUT2D eigenvalue weighted by atomic mass is 19.4. The van der Waals surface area contributed by atoms with E-state index in [1.807, 2.05) is 28.8 Å². The third-order valence-corrected chi connectivity index (χ3v) is 4.86. The molecule has 30 heavy (non-hydrogen) atoms. The Kier molecular flexibility index (Phi) is 4.20. The summed E-state index contributed by atoms with van der Waals surface area (Å²) in [7, 11) is 0. The molecule has 0 saturated heterocycles. The third-order valence-electron chi connectivity index (χ3n) is 4.86. The average Bonchev–Trinajstić information content (AvgIpc) is 3.15. The van der Waals surface area contributed by atoms with Crippen LogP contribution in [0, 0.1) is 0 Å². The molecule has 8 heteroatoms. The van der Waals surface area contributed by atoms with Crippen molar-refractivity contribution < 1.29 is 13.2 Å². The third kappa shape index (κ3) is 3.36. The molecule has 2 aromatic carbocycles. The summed E-state index contributed by atoms with van der Waals surface area (Å²) in [5, 5.41) is 1.04. The lowest BCUT2D eigenvalue weighted by Crippen LogP contribution is -2.04. The summed E-state index contributed by atoms with van der Waals surface area (Å²) >= 11 is 0. The van der Waals surface area contributed by atoms with Crippen molar-refractivity contribution in [1.82, 2.24) is 24.5 Å². The van der Waals surface area contributed by atoms with Crippen LogP contribution in [-0.2, 0) is 12.7 Å². The molecule has 0 spiro atoms. The predicted molar refractivity (Wildman–Crippen MR) is 107 cm³/mol. The van der Waals surface area contributed by atoms with Gasteiger partial charge in [-0.05, 0) is 35.9 Å². The number of halogens is 3. The van der Waals surface area contributed by atoms with Crippen molar-refractivity contribution in [3.05, 3.63) is 84.4 Å². The zero-order valence-electron chi connectivity index (χ0n) is 15.5. The van der Waals surface area contributed by atoms with E-state index in [1.165, 1.54) is 18.3 Å². The lowest BCUT2D eigenvalue weighted by Gasteiger charge is -2.08. The van der Waals surface area contributed by atoms with Crippen molar-refractivity contribution in [3.8, 4) is 11.3 Å². The second-order valence-corrected chi connectivity index (χ2v) is 6.88. The SMILES string of the molecule is FC(F)(F)c1ccc(-c2cnc3ncn(Cc4ccc5ncccc5c4)c3n2)cc1. The Morgan fingerprint density at radius 2 is 1.73 bits per heavy atom. The molecule has 5 nitrogen and oxygen atoms in total. The molecule has 0 aliphatic carbocycles. The van der Waals surface area contributed by atoms with Crippen LogP contribution in [0.2, 0.25) is 0 Å². The normalized spacial score (nSPS) is 12.0. The van der Waals surface area contributed by atoms with Crippen LogP contribution in [0.5, 0.6) is 0 Å². The van der Waals surface area contributed by atoms with Gasteiger partial charge in [0, 0.05) is 17.1 Å². The van der Waals surface area contributed by atoms with Crippen LogP contribution in [0.15, 0.2) is 73.3 Å². The first-order valence-electron chi connectivity index (χ1n) is 9.16. The highest BCUT2D eigenvalue weighted by Gasteiger charge is 2.30. The van der Waals surface area contributed by atoms with Crippen LogP contribution in [0.4, 0.5) is 13.2 Å². The van der Waals surface area contributed by atoms with Gasteiger partial charge in [-0.25, -0.2) is 15.0 Å². The number of rotatable bonds is 3. The molecule has 0 atom stereocenters. The van der Waals surface area contributed by atoms with Gasteiger partial charge in [-0.3, -0.25) is 4.98 Å². The summed E-state index contributed by atoms with van der Waals surface area (Å²) in [6, 6.07) is 14.8. The molecule has 0 N–H and O–H groups in total. The number of alkyl halides is 3. The predicted octanol–water partition coefficient (Wildman–Crippen LogP) is 5.11. The first-order chi connectivity index (χ1) is 14.5. The first-order valence-corrected chi connectivity index (χ1v) is 9.16. The molecule has 0 unspecified atom stereocenters. The summed E-state index contributed by atoms with van der Waals surface area (Å²) in [4.78, 5) is 17.5. The van der Waals surface area contributed by atoms with Crippen molar-refractivity contribution >= 4 is 22.2 Å². The van der Waals surface area contributed by atoms with Gasteiger partial charge in [0.15, 0.2) is 11.3 Å². The van der Waals surface area contributed by atoms with Gasteiger partial charge >= 0.3 is 6.18 Å². The van der Waals surface area contributed by atoms with E-state index in [2.05, 4.69) is 26.0 Å². The van der Waals surface area contributed by atoms with Gasteiger partial charge in [-0.1, -0.05) is 24.3 Å². The van der Waals surface area contributed by atoms with Crippen molar-refractivity contribution in [2.24, 2.45) is 0 Å². The van der Waals surface area contributed by atoms with E-state index in [-0.39, 0.29) is 0 Å². The minimum atomic E-state index is -4.37. The van der Waals surface area contributed by atoms with Gasteiger partial charge < -0.3 is 4.57 Å². The zero-order chi connectivity index (χ0) is 20.7. The monoisotopic (exact) mass is 405 g/mol. The van der Waals surface area contributed by atoms with E-state index < -0.39 is 11.7 Å². The van der Waals surface area contributed by atoms with Crippen molar-refractivity contribution in [2.45, 2.75) is 12.7 Å². The Hall–Kier alpha value is -3.81. The Morgan fingerprint density at radius 3 is 2.53 bits per heavy atom. The number of nitrogens with zero attached hydrogens (tertiary/aromatic N) is 5. The van der Waals surface area contributed by atoms with Gasteiger partial charge in [0.05, 0.1) is 35.8 Å². The molecular weight excluding hydrogens is 391 g/mol. The van der Waals surface area contributed by atoms with E-state index in [0.29, 0.717) is 29.1 Å². The van der Waals surface area contributed by atoms with Crippen molar-refractivity contribution in [1.29, 1.82) is 0 Å². The van der Waals surface area contributed by atoms with E-state index in [1.54, 1.807) is 12.5 Å². The Bertz CT molecular complexity index is 1360. The number of pyridine rings is 1. The molecule has 3 heterocycles. The van der Waals surface area contributed by atoms with Gasteiger partial charge in [0.25, 0.3) is 0 Å². The van der Waals surface area contributed by atoms with Crippen LogP contribution in [0.3, 0.4) is 0 Å². The molecule has 148 valence electrons. The molecule has 0 aliphatic rings. The van der Waals surface area contributed by atoms with Crippen molar-refractivity contribution in [2.75, 3.05) is 0 Å². The molecule has 0 aliphatic heterocycles. The topological polar surface area (TPSA) is 56.5 Å². The van der Waals surface area contributed by atoms with Crippen LogP contribution in [0.1, 0.15) is 11.1 Å². The van der Waals surface area contributed by atoms with Gasteiger partial charge in [-0.15, -0.1) is 0 Å². The summed E-state index contributed by atoms with van der Waals surface area (Å²) in [6.45, 7) is 0.534. The van der Waals surface area contributed by atoms with Crippen LogP contribution < -0.4 is 0 Å². The number of imidazole rings is 1. The maximum absolute atomic E-state index is 12.8. The summed E-state index contributed by atoms with van der Waals surface area (Å²) in [5.74, 6) is 0. The summed E-state index contributed by atoms with van der Waals surface area (Å²) in [6.07, 6.45) is 0.560. The zero-order valence-corrected chi connectivity index (χ0v) is 15.5. The minimum Gasteiger partial charge on any atom is -0.309 e. The number of aromatic nitrogens is 5. The number of hydrogen-bond acceptors (Lipinski definition) is 4. The maximum Gasteiger partial charge on any atom is 0.416 e. The molecule has 5 aromatic rings. The van der Waals surface area contributed by atoms with E-state index in [4.69, 9.17) is 0 Å². The maximum atomic E-state index is 12.8. The smallest absolute Gasteiger partial charge is 0.309 e. The average molecular weight is 405 g/mol. The standard InChI is InChI=1S/C22H14F3N5/c23-22(24,25)17-6-4-15(5-7-17)19-11-27-20-21(29-19)30(13-28-20)12-14-3-8-18-16(10-14)2-1-9-26-18/h1-11,13H,12H2. The largest absolute Gasteiger partial charge is 0.416 e. The Labute approximate surface area is 168 Å². The highest BCUT2D eigenvalue weighted by Crippen LogP contribution is 2.30. The van der Waals surface area contributed by atoms with E-state index in [0.717, 1.165) is 28.6 Å². The Morgan fingerprint density at radius 1 is 0.900 bits per heavy atom. The summed E-state index contributed by atoms with van der Waals surface area (Å²) < 4.78 is 40.3. The lowest BCUT2D eigenvalue weighted by atomic mass is 10.1. The Balaban J connectivity index is 1.49. The molecule has 0 amide bonds. The van der Waals surface area contributed by atoms with Crippen LogP contribution >= 0.6 is 0 Å². The second kappa shape index (κ2) is 6.91. The van der Waals surface area contributed by atoms with E-state index >= 15 is 0 Å². The molecule has 0 saturated carbocycles. The lowest BCUT2D eigenvalue weighted by molar-refractivity contribution is -0.137. The van der Waals surface area contributed by atoms with Gasteiger partial charge in [-0.2, -0.15) is 13.2 Å². The molecule has 5 rings (SSSR count). The first kappa shape index (κ1) is 18.2. The van der Waals surface area contributed by atoms with E-state index in [9.17, 15) is 13.2 Å². The number of fused-ring (bicyclic) bond motifs is 2. The molecular formula is C22H14F3N5. The van der Waals surface area contributed by atoms with Gasteiger partial charge in [0.1, 0.15) is 0 Å². The minimum absolute atomic E-state index is 0.480. The molecule has 0 bridgehead atoms. The van der Waals surface area contributed by atoms with Crippen LogP contribution in [-0.4, -0.2) is 24.5 Å². The number of hydrogen-bond donors (Lipinski definition) is 0. The quantitative estimate of drug-likeness (QED) is 0.419. The number of benzene rings is 2. The second-order valence-electron chi connectivity index (χ2n) is 6.88. The fourth-order valence-corrected chi connectivity index (χ4v) is 3.34. The molecule has 0 radical (unpaired) electrons. The fourth-order valence-electron chi connectivity index (χ4n) is 3.34. The highest BCUT2D eigenvalue weighted by molar-refractivity contribution is 5.79. The molecule has 3 aromatic heterocycles. The van der Waals surface area contributed by atoms with Crippen molar-refractivity contribution in [3.63, 3.8) is 0 Å². The summed E-state index contributed by atoms with van der Waals surface area (Å²) in [5.41, 5.74) is 3.36. The molecule has 0 fully saturated rings. The van der Waals surface area contributed by atoms with Gasteiger partial charge in [0.2, 0.25) is 0 Å². The van der Waals surface area contributed by atoms with Crippen LogP contribution in [0.25, 0.3) is 33.5 Å². The fraction of sp³-hybridized carbons (Fsp3) is 0.0909.